The Bertz CT molecular complexity index is 1130. The number of nitrogens with zero attached hydrogens (tertiary/aromatic N) is 4. The molecule has 2 aliphatic rings. The Labute approximate surface area is 196 Å². The summed E-state index contributed by atoms with van der Waals surface area (Å²) in [6.45, 7) is -0.0180. The molecule has 0 aliphatic heterocycles. The van der Waals surface area contributed by atoms with Crippen molar-refractivity contribution in [1.82, 2.24) is 19.5 Å². The SMILES string of the molecule is NC1CCC(Nc2nc(NCc3ccccc3C(F)(F)F)c3ncn(C4CCCC4)c3n2)CC1. The van der Waals surface area contributed by atoms with E-state index in [2.05, 4.69) is 25.2 Å². The van der Waals surface area contributed by atoms with Crippen molar-refractivity contribution in [3.05, 3.63) is 41.7 Å². The number of nitrogens with one attached hydrogen (secondary N) is 2. The molecule has 2 heterocycles. The lowest BCUT2D eigenvalue weighted by Gasteiger charge is -2.27. The zero-order valence-electron chi connectivity index (χ0n) is 19.0. The largest absolute Gasteiger partial charge is 0.416 e. The third kappa shape index (κ3) is 4.82. The van der Waals surface area contributed by atoms with Gasteiger partial charge in [-0.05, 0) is 50.2 Å². The molecule has 2 fully saturated rings. The molecule has 3 aromatic rings. The maximum atomic E-state index is 13.5. The van der Waals surface area contributed by atoms with Crippen molar-refractivity contribution < 1.29 is 13.2 Å². The van der Waals surface area contributed by atoms with Crippen LogP contribution in [0.3, 0.4) is 0 Å². The molecule has 10 heteroatoms. The first-order chi connectivity index (χ1) is 16.4. The molecule has 0 amide bonds. The lowest BCUT2D eigenvalue weighted by atomic mass is 9.92. The number of aromatic nitrogens is 4. The minimum absolute atomic E-state index is 0.0180. The van der Waals surface area contributed by atoms with E-state index in [4.69, 9.17) is 10.7 Å². The Kier molecular flexibility index (Phi) is 6.33. The van der Waals surface area contributed by atoms with Gasteiger partial charge in [-0.15, -0.1) is 0 Å². The number of rotatable bonds is 6. The Hall–Kier alpha value is -2.88. The maximum absolute atomic E-state index is 13.5. The van der Waals surface area contributed by atoms with Gasteiger partial charge in [0, 0.05) is 24.7 Å². The van der Waals surface area contributed by atoms with Crippen LogP contribution in [0, 0.1) is 0 Å². The van der Waals surface area contributed by atoms with Crippen LogP contribution >= 0.6 is 0 Å². The molecule has 2 aromatic heterocycles. The van der Waals surface area contributed by atoms with Gasteiger partial charge in [-0.3, -0.25) is 0 Å². The van der Waals surface area contributed by atoms with Gasteiger partial charge in [0.2, 0.25) is 5.95 Å². The molecule has 2 aliphatic carbocycles. The van der Waals surface area contributed by atoms with Crippen molar-refractivity contribution >= 4 is 22.9 Å². The van der Waals surface area contributed by atoms with Crippen LogP contribution in [0.25, 0.3) is 11.2 Å². The van der Waals surface area contributed by atoms with Gasteiger partial charge in [-0.25, -0.2) is 4.98 Å². The number of hydrogen-bond acceptors (Lipinski definition) is 6. The van der Waals surface area contributed by atoms with Gasteiger partial charge in [-0.1, -0.05) is 31.0 Å². The van der Waals surface area contributed by atoms with Crippen LogP contribution in [0.15, 0.2) is 30.6 Å². The molecule has 2 saturated carbocycles. The fraction of sp³-hybridized carbons (Fsp3) is 0.542. The van der Waals surface area contributed by atoms with Crippen LogP contribution in [0.4, 0.5) is 24.9 Å². The third-order valence-corrected chi connectivity index (χ3v) is 7.01. The zero-order chi connectivity index (χ0) is 23.7. The molecule has 4 N–H and O–H groups in total. The van der Waals surface area contributed by atoms with Gasteiger partial charge in [0.1, 0.15) is 0 Å². The van der Waals surface area contributed by atoms with Crippen molar-refractivity contribution in [3.8, 4) is 0 Å². The van der Waals surface area contributed by atoms with E-state index in [1.807, 2.05) is 0 Å². The Morgan fingerprint density at radius 1 is 1.00 bits per heavy atom. The summed E-state index contributed by atoms with van der Waals surface area (Å²) in [5.41, 5.74) is 6.84. The lowest BCUT2D eigenvalue weighted by Crippen LogP contribution is -2.33. The average molecular weight is 474 g/mol. The van der Waals surface area contributed by atoms with E-state index in [0.29, 0.717) is 29.0 Å². The second-order valence-electron chi connectivity index (χ2n) is 9.42. The van der Waals surface area contributed by atoms with Gasteiger partial charge in [0.05, 0.1) is 11.9 Å². The predicted octanol–water partition coefficient (Wildman–Crippen LogP) is 5.25. The van der Waals surface area contributed by atoms with E-state index in [9.17, 15) is 13.2 Å². The minimum Gasteiger partial charge on any atom is -0.364 e. The average Bonchev–Trinajstić information content (AvgIpc) is 3.48. The number of fused-ring (bicyclic) bond motifs is 1. The van der Waals surface area contributed by atoms with Gasteiger partial charge in [0.25, 0.3) is 0 Å². The van der Waals surface area contributed by atoms with Crippen LogP contribution in [-0.4, -0.2) is 31.6 Å². The Balaban J connectivity index is 1.46. The summed E-state index contributed by atoms with van der Waals surface area (Å²) in [5, 5.41) is 6.55. The second-order valence-corrected chi connectivity index (χ2v) is 9.42. The van der Waals surface area contributed by atoms with Crippen LogP contribution in [0.2, 0.25) is 0 Å². The standard InChI is InChI=1S/C24H30F3N7/c25-24(26,27)19-8-4-1-5-15(19)13-29-21-20-22(34(14-30-20)18-6-2-3-7-18)33-23(32-21)31-17-11-9-16(28)10-12-17/h1,4-5,8,14,16-18H,2-3,6-7,9-13,28H2,(H2,29,31,32,33). The third-order valence-electron chi connectivity index (χ3n) is 7.01. The number of imidazole rings is 1. The molecule has 182 valence electrons. The summed E-state index contributed by atoms with van der Waals surface area (Å²) in [7, 11) is 0. The summed E-state index contributed by atoms with van der Waals surface area (Å²) in [6, 6.07) is 6.38. The van der Waals surface area contributed by atoms with Gasteiger partial charge < -0.3 is 20.9 Å². The summed E-state index contributed by atoms with van der Waals surface area (Å²) < 4.78 is 42.5. The highest BCUT2D eigenvalue weighted by Gasteiger charge is 2.33. The summed E-state index contributed by atoms with van der Waals surface area (Å²) >= 11 is 0. The van der Waals surface area contributed by atoms with E-state index >= 15 is 0 Å². The molecule has 7 nitrogen and oxygen atoms in total. The van der Waals surface area contributed by atoms with Crippen LogP contribution in [-0.2, 0) is 12.7 Å². The maximum Gasteiger partial charge on any atom is 0.416 e. The summed E-state index contributed by atoms with van der Waals surface area (Å²) in [4.78, 5) is 14.0. The molecule has 0 atom stereocenters. The molecule has 1 aromatic carbocycles. The van der Waals surface area contributed by atoms with E-state index < -0.39 is 11.7 Å². The molecule has 0 unspecified atom stereocenters. The molecular weight excluding hydrogens is 443 g/mol. The minimum atomic E-state index is -4.42. The smallest absolute Gasteiger partial charge is 0.364 e. The Morgan fingerprint density at radius 2 is 1.74 bits per heavy atom. The van der Waals surface area contributed by atoms with Gasteiger partial charge in [0.15, 0.2) is 17.0 Å². The first-order valence-electron chi connectivity index (χ1n) is 12.0. The van der Waals surface area contributed by atoms with Crippen molar-refractivity contribution in [1.29, 1.82) is 0 Å². The number of hydrogen-bond donors (Lipinski definition) is 3. The van der Waals surface area contributed by atoms with E-state index in [1.54, 1.807) is 12.4 Å². The van der Waals surface area contributed by atoms with E-state index in [1.165, 1.54) is 25.0 Å². The normalized spacial score (nSPS) is 21.8. The summed E-state index contributed by atoms with van der Waals surface area (Å²) in [5.74, 6) is 0.910. The number of alkyl halides is 3. The first-order valence-corrected chi connectivity index (χ1v) is 12.0. The topological polar surface area (TPSA) is 93.7 Å². The van der Waals surface area contributed by atoms with E-state index in [0.717, 1.165) is 44.6 Å². The fourth-order valence-electron chi connectivity index (χ4n) is 5.13. The van der Waals surface area contributed by atoms with Crippen molar-refractivity contribution in [2.75, 3.05) is 10.6 Å². The fourth-order valence-corrected chi connectivity index (χ4v) is 5.13. The number of benzene rings is 1. The highest BCUT2D eigenvalue weighted by molar-refractivity contribution is 5.84. The molecule has 0 bridgehead atoms. The lowest BCUT2D eigenvalue weighted by molar-refractivity contribution is -0.138. The number of nitrogens with two attached hydrogens (primary N) is 1. The van der Waals surface area contributed by atoms with Crippen molar-refractivity contribution in [2.45, 2.75) is 82.2 Å². The highest BCUT2D eigenvalue weighted by Crippen LogP contribution is 2.35. The molecule has 0 radical (unpaired) electrons. The van der Waals surface area contributed by atoms with Gasteiger partial charge >= 0.3 is 6.18 Å². The zero-order valence-corrected chi connectivity index (χ0v) is 19.0. The van der Waals surface area contributed by atoms with Crippen molar-refractivity contribution in [3.63, 3.8) is 0 Å². The predicted molar refractivity (Wildman–Crippen MR) is 125 cm³/mol. The van der Waals surface area contributed by atoms with E-state index in [-0.39, 0.29) is 24.2 Å². The highest BCUT2D eigenvalue weighted by atomic mass is 19.4. The first kappa shape index (κ1) is 22.9. The van der Waals surface area contributed by atoms with Crippen molar-refractivity contribution in [2.24, 2.45) is 5.73 Å². The monoisotopic (exact) mass is 473 g/mol. The second kappa shape index (κ2) is 9.40. The van der Waals surface area contributed by atoms with Crippen LogP contribution < -0.4 is 16.4 Å². The molecule has 0 saturated heterocycles. The number of halogens is 3. The quantitative estimate of drug-likeness (QED) is 0.453. The van der Waals surface area contributed by atoms with Crippen LogP contribution in [0.1, 0.15) is 68.5 Å². The summed E-state index contributed by atoms with van der Waals surface area (Å²) in [6.07, 6.45) is 5.60. The number of anilines is 2. The Morgan fingerprint density at radius 3 is 2.47 bits per heavy atom. The van der Waals surface area contributed by atoms with Gasteiger partial charge in [-0.2, -0.15) is 23.1 Å². The molecule has 0 spiro atoms. The molecule has 34 heavy (non-hydrogen) atoms. The molecule has 5 rings (SSSR count). The molecular formula is C24H30F3N7. The van der Waals surface area contributed by atoms with Crippen LogP contribution in [0.5, 0.6) is 0 Å².